The van der Waals surface area contributed by atoms with E-state index in [1.54, 1.807) is 5.38 Å². The third-order valence-electron chi connectivity index (χ3n) is 4.75. The number of aryl methyl sites for hydroxylation is 2. The van der Waals surface area contributed by atoms with Crippen molar-refractivity contribution in [2.45, 2.75) is 27.4 Å². The Bertz CT molecular complexity index is 1190. The Kier molecular flexibility index (Phi) is 6.84. The van der Waals surface area contributed by atoms with Crippen LogP contribution in [-0.2, 0) is 16.1 Å². The maximum Gasteiger partial charge on any atom is 0.338 e. The summed E-state index contributed by atoms with van der Waals surface area (Å²) in [6, 6.07) is 9.54. The molecule has 0 fully saturated rings. The van der Waals surface area contributed by atoms with E-state index in [1.165, 1.54) is 42.4 Å². The monoisotopic (exact) mass is 455 g/mol. The third-order valence-corrected chi connectivity index (χ3v) is 5.62. The highest BCUT2D eigenvalue weighted by Gasteiger charge is 2.21. The van der Waals surface area contributed by atoms with Crippen LogP contribution in [0.4, 0.5) is 16.5 Å². The molecule has 3 rings (SSSR count). The molecule has 9 nitrogen and oxygen atoms in total. The van der Waals surface area contributed by atoms with Gasteiger partial charge in [0.25, 0.3) is 0 Å². The predicted octanol–water partition coefficient (Wildman–Crippen LogP) is 4.72. The maximum absolute atomic E-state index is 12.3. The molecule has 0 bridgehead atoms. The van der Waals surface area contributed by atoms with Gasteiger partial charge >= 0.3 is 11.7 Å². The van der Waals surface area contributed by atoms with Crippen LogP contribution in [-0.4, -0.2) is 28.9 Å². The van der Waals surface area contributed by atoms with Crippen molar-refractivity contribution in [3.05, 3.63) is 74.3 Å². The van der Waals surface area contributed by atoms with Crippen molar-refractivity contribution in [3.63, 3.8) is 0 Å². The first-order valence-corrected chi connectivity index (χ1v) is 10.4. The van der Waals surface area contributed by atoms with Gasteiger partial charge in [0.05, 0.1) is 29.0 Å². The Labute approximate surface area is 188 Å². The molecule has 1 amide bonds. The molecular formula is C22H21N3O6S. The zero-order chi connectivity index (χ0) is 23.4. The van der Waals surface area contributed by atoms with Crippen LogP contribution in [0.1, 0.15) is 34.1 Å². The van der Waals surface area contributed by atoms with Crippen molar-refractivity contribution < 1.29 is 24.0 Å². The standard InChI is InChI=1S/C22H21N3O6S/c1-13-5-7-18(9-14(13)2)24(15(3)26)22-23-17(12-32-22)11-31-20-8-6-16(21(27)30-4)10-19(20)25(28)29/h5-10,12H,11H2,1-4H3. The number of nitro groups is 1. The van der Waals surface area contributed by atoms with Crippen LogP contribution in [0.2, 0.25) is 0 Å². The maximum atomic E-state index is 12.3. The van der Waals surface area contributed by atoms with Crippen LogP contribution >= 0.6 is 11.3 Å². The second kappa shape index (κ2) is 9.56. The molecule has 0 radical (unpaired) electrons. The molecule has 0 aliphatic heterocycles. The Hall–Kier alpha value is -3.79. The number of carbonyl (C=O) groups is 2. The number of thiazole rings is 1. The molecule has 0 spiro atoms. The van der Waals surface area contributed by atoms with E-state index in [4.69, 9.17) is 4.74 Å². The fraction of sp³-hybridized carbons (Fsp3) is 0.227. The first-order chi connectivity index (χ1) is 15.2. The molecule has 0 unspecified atom stereocenters. The molecule has 1 aromatic heterocycles. The molecule has 2 aromatic carbocycles. The number of ether oxygens (including phenoxy) is 2. The van der Waals surface area contributed by atoms with E-state index in [2.05, 4.69) is 9.72 Å². The molecule has 1 heterocycles. The Morgan fingerprint density at radius 1 is 1.16 bits per heavy atom. The summed E-state index contributed by atoms with van der Waals surface area (Å²) in [5.74, 6) is -0.877. The van der Waals surface area contributed by atoms with Gasteiger partial charge in [-0.2, -0.15) is 0 Å². The van der Waals surface area contributed by atoms with Gasteiger partial charge in [-0.1, -0.05) is 6.07 Å². The number of nitrogens with zero attached hydrogens (tertiary/aromatic N) is 3. The number of esters is 1. The van der Waals surface area contributed by atoms with Gasteiger partial charge in [0.15, 0.2) is 10.9 Å². The van der Waals surface area contributed by atoms with E-state index < -0.39 is 10.9 Å². The van der Waals surface area contributed by atoms with Crippen molar-refractivity contribution in [1.82, 2.24) is 4.98 Å². The quantitative estimate of drug-likeness (QED) is 0.288. The summed E-state index contributed by atoms with van der Waals surface area (Å²) < 4.78 is 10.2. The molecule has 0 saturated carbocycles. The highest BCUT2D eigenvalue weighted by molar-refractivity contribution is 7.14. The van der Waals surface area contributed by atoms with E-state index >= 15 is 0 Å². The fourth-order valence-corrected chi connectivity index (χ4v) is 3.81. The van der Waals surface area contributed by atoms with Crippen LogP contribution in [0.25, 0.3) is 0 Å². The minimum absolute atomic E-state index is 0.00483. The molecule has 0 atom stereocenters. The number of hydrogen-bond acceptors (Lipinski definition) is 8. The Morgan fingerprint density at radius 2 is 1.91 bits per heavy atom. The highest BCUT2D eigenvalue weighted by Crippen LogP contribution is 2.32. The summed E-state index contributed by atoms with van der Waals surface area (Å²) in [7, 11) is 1.20. The average molecular weight is 455 g/mol. The van der Waals surface area contributed by atoms with Crippen molar-refractivity contribution in [1.29, 1.82) is 0 Å². The SMILES string of the molecule is COC(=O)c1ccc(OCc2csc(N(C(C)=O)c3ccc(C)c(C)c3)n2)c([N+](=O)[O-])c1. The normalized spacial score (nSPS) is 10.5. The third kappa shape index (κ3) is 4.92. The molecule has 166 valence electrons. The average Bonchev–Trinajstić information content (AvgIpc) is 3.22. The highest BCUT2D eigenvalue weighted by atomic mass is 32.1. The zero-order valence-electron chi connectivity index (χ0n) is 17.9. The topological polar surface area (TPSA) is 112 Å². The van der Waals surface area contributed by atoms with E-state index in [-0.39, 0.29) is 29.5 Å². The number of aromatic nitrogens is 1. The second-order valence-corrected chi connectivity index (χ2v) is 7.80. The van der Waals surface area contributed by atoms with E-state index in [9.17, 15) is 19.7 Å². The summed E-state index contributed by atoms with van der Waals surface area (Å²) in [5.41, 5.74) is 3.07. The lowest BCUT2D eigenvalue weighted by molar-refractivity contribution is -0.386. The van der Waals surface area contributed by atoms with Crippen LogP contribution in [0, 0.1) is 24.0 Å². The van der Waals surface area contributed by atoms with E-state index in [0.29, 0.717) is 16.5 Å². The van der Waals surface area contributed by atoms with E-state index in [0.717, 1.165) is 17.2 Å². The summed E-state index contributed by atoms with van der Waals surface area (Å²) in [4.78, 5) is 40.7. The minimum Gasteiger partial charge on any atom is -0.480 e. The molecule has 0 aliphatic rings. The van der Waals surface area contributed by atoms with Gasteiger partial charge in [-0.05, 0) is 49.2 Å². The molecule has 10 heteroatoms. The number of hydrogen-bond donors (Lipinski definition) is 0. The first kappa shape index (κ1) is 22.9. The molecule has 3 aromatic rings. The van der Waals surface area contributed by atoms with Gasteiger partial charge in [-0.15, -0.1) is 11.3 Å². The molecular weight excluding hydrogens is 434 g/mol. The molecule has 0 aliphatic carbocycles. The first-order valence-electron chi connectivity index (χ1n) is 9.53. The van der Waals surface area contributed by atoms with Crippen molar-refractivity contribution in [2.24, 2.45) is 0 Å². The zero-order valence-corrected chi connectivity index (χ0v) is 18.8. The Morgan fingerprint density at radius 3 is 2.53 bits per heavy atom. The largest absolute Gasteiger partial charge is 0.480 e. The summed E-state index contributed by atoms with van der Waals surface area (Å²) in [6.07, 6.45) is 0. The van der Waals surface area contributed by atoms with Gasteiger partial charge in [0.1, 0.15) is 6.61 Å². The van der Waals surface area contributed by atoms with Crippen LogP contribution in [0.15, 0.2) is 41.8 Å². The van der Waals surface area contributed by atoms with E-state index in [1.807, 2.05) is 32.0 Å². The fourth-order valence-electron chi connectivity index (χ4n) is 2.94. The lowest BCUT2D eigenvalue weighted by Gasteiger charge is -2.19. The van der Waals surface area contributed by atoms with Gasteiger partial charge in [0.2, 0.25) is 5.91 Å². The predicted molar refractivity (Wildman–Crippen MR) is 120 cm³/mol. The van der Waals surface area contributed by atoms with Crippen molar-refractivity contribution in [2.75, 3.05) is 12.0 Å². The molecule has 32 heavy (non-hydrogen) atoms. The number of anilines is 2. The lowest BCUT2D eigenvalue weighted by Crippen LogP contribution is -2.22. The minimum atomic E-state index is -0.681. The van der Waals surface area contributed by atoms with Crippen molar-refractivity contribution >= 4 is 39.7 Å². The van der Waals surface area contributed by atoms with Crippen LogP contribution in [0.3, 0.4) is 0 Å². The number of nitro benzene ring substituents is 1. The van der Waals surface area contributed by atoms with Crippen LogP contribution in [0.5, 0.6) is 5.75 Å². The molecule has 0 N–H and O–H groups in total. The number of benzene rings is 2. The second-order valence-electron chi connectivity index (χ2n) is 6.96. The summed E-state index contributed by atoms with van der Waals surface area (Å²) >= 11 is 1.26. The smallest absolute Gasteiger partial charge is 0.338 e. The Balaban J connectivity index is 1.81. The number of amides is 1. The van der Waals surface area contributed by atoms with Gasteiger partial charge in [-0.3, -0.25) is 19.8 Å². The number of methoxy groups -OCH3 is 1. The molecule has 0 saturated heterocycles. The van der Waals surface area contributed by atoms with Gasteiger partial charge < -0.3 is 9.47 Å². The van der Waals surface area contributed by atoms with Crippen LogP contribution < -0.4 is 9.64 Å². The van der Waals surface area contributed by atoms with Crippen molar-refractivity contribution in [3.8, 4) is 5.75 Å². The number of carbonyl (C=O) groups excluding carboxylic acids is 2. The lowest BCUT2D eigenvalue weighted by atomic mass is 10.1. The van der Waals surface area contributed by atoms with Gasteiger partial charge in [-0.25, -0.2) is 9.78 Å². The number of rotatable bonds is 7. The summed E-state index contributed by atoms with van der Waals surface area (Å²) in [5, 5.41) is 13.6. The summed E-state index contributed by atoms with van der Waals surface area (Å²) in [6.45, 7) is 5.37. The van der Waals surface area contributed by atoms with Gasteiger partial charge in [0, 0.05) is 18.4 Å².